The lowest BCUT2D eigenvalue weighted by Crippen LogP contribution is -2.53. The number of hydrogen-bond donors (Lipinski definition) is 1. The van der Waals surface area contributed by atoms with Crippen LogP contribution in [0.5, 0.6) is 0 Å². The maximum absolute atomic E-state index is 11.0. The maximum atomic E-state index is 11.0. The van der Waals surface area contributed by atoms with Crippen LogP contribution in [0.3, 0.4) is 0 Å². The minimum Gasteiger partial charge on any atom is -0.350 e. The third-order valence-electron chi connectivity index (χ3n) is 2.28. The van der Waals surface area contributed by atoms with Gasteiger partial charge >= 0.3 is 0 Å². The number of rotatable bonds is 3. The molecule has 0 aromatic heterocycles. The predicted octanol–water partition coefficient (Wildman–Crippen LogP) is -0.179. The van der Waals surface area contributed by atoms with E-state index in [9.17, 15) is 4.79 Å². The lowest BCUT2D eigenvalue weighted by Gasteiger charge is -2.35. The van der Waals surface area contributed by atoms with E-state index in [2.05, 4.69) is 29.4 Å². The van der Waals surface area contributed by atoms with Crippen molar-refractivity contribution < 1.29 is 4.79 Å². The molecule has 1 radical (unpaired) electrons. The Morgan fingerprint density at radius 3 is 2.50 bits per heavy atom. The molecule has 14 heavy (non-hydrogen) atoms. The first-order valence-electron chi connectivity index (χ1n) is 5.14. The number of hydrogen-bond acceptors (Lipinski definition) is 2. The van der Waals surface area contributed by atoms with Gasteiger partial charge in [-0.25, -0.2) is 5.32 Å². The van der Waals surface area contributed by atoms with Crippen LogP contribution in [0, 0.1) is 0 Å². The van der Waals surface area contributed by atoms with Gasteiger partial charge in [0.05, 0.1) is 0 Å². The molecule has 4 nitrogen and oxygen atoms in total. The summed E-state index contributed by atoms with van der Waals surface area (Å²) in [5.41, 5.74) is -0.136. The van der Waals surface area contributed by atoms with Crippen molar-refractivity contribution in [1.29, 1.82) is 0 Å². The summed E-state index contributed by atoms with van der Waals surface area (Å²) in [6.45, 7) is 10.5. The van der Waals surface area contributed by atoms with E-state index in [1.54, 1.807) is 6.92 Å². The minimum absolute atomic E-state index is 0.0386. The van der Waals surface area contributed by atoms with Crippen LogP contribution in [0.4, 0.5) is 0 Å². The average molecular weight is 198 g/mol. The van der Waals surface area contributed by atoms with Gasteiger partial charge in [-0.2, -0.15) is 0 Å². The van der Waals surface area contributed by atoms with Gasteiger partial charge in [0.25, 0.3) is 0 Å². The molecule has 0 bridgehead atoms. The molecule has 0 saturated carbocycles. The maximum Gasteiger partial charge on any atom is 0.217 e. The van der Waals surface area contributed by atoms with Gasteiger partial charge in [0.2, 0.25) is 5.91 Å². The zero-order chi connectivity index (χ0) is 10.6. The van der Waals surface area contributed by atoms with Crippen molar-refractivity contribution in [2.24, 2.45) is 0 Å². The summed E-state index contributed by atoms with van der Waals surface area (Å²) in [5, 5.41) is 7.24. The highest BCUT2D eigenvalue weighted by molar-refractivity contribution is 5.73. The fraction of sp³-hybridized carbons (Fsp3) is 0.900. The number of piperazine rings is 1. The summed E-state index contributed by atoms with van der Waals surface area (Å²) in [7, 11) is 0. The summed E-state index contributed by atoms with van der Waals surface area (Å²) >= 11 is 0. The Morgan fingerprint density at radius 1 is 1.43 bits per heavy atom. The van der Waals surface area contributed by atoms with E-state index in [4.69, 9.17) is 0 Å². The van der Waals surface area contributed by atoms with Crippen LogP contribution in [-0.4, -0.2) is 49.1 Å². The van der Waals surface area contributed by atoms with Gasteiger partial charge in [0, 0.05) is 45.2 Å². The van der Waals surface area contributed by atoms with Crippen molar-refractivity contribution in [2.45, 2.75) is 26.3 Å². The van der Waals surface area contributed by atoms with E-state index in [-0.39, 0.29) is 11.4 Å². The molecule has 4 heteroatoms. The highest BCUT2D eigenvalue weighted by Gasteiger charge is 2.23. The van der Waals surface area contributed by atoms with Crippen LogP contribution in [0.1, 0.15) is 20.8 Å². The molecule has 81 valence electrons. The van der Waals surface area contributed by atoms with Crippen molar-refractivity contribution in [2.75, 3.05) is 32.7 Å². The van der Waals surface area contributed by atoms with Gasteiger partial charge in [-0.1, -0.05) is 0 Å². The van der Waals surface area contributed by atoms with Crippen molar-refractivity contribution in [1.82, 2.24) is 15.5 Å². The molecule has 0 aromatic rings. The smallest absolute Gasteiger partial charge is 0.217 e. The number of carbonyl (C=O) groups is 1. The topological polar surface area (TPSA) is 46.4 Å². The lowest BCUT2D eigenvalue weighted by atomic mass is 10.0. The highest BCUT2D eigenvalue weighted by Crippen LogP contribution is 2.06. The van der Waals surface area contributed by atoms with Crippen molar-refractivity contribution >= 4 is 5.91 Å². The fourth-order valence-electron chi connectivity index (χ4n) is 1.88. The first kappa shape index (κ1) is 11.5. The summed E-state index contributed by atoms with van der Waals surface area (Å²) in [6, 6.07) is 0. The molecule has 1 aliphatic heterocycles. The van der Waals surface area contributed by atoms with Crippen LogP contribution in [0.15, 0.2) is 0 Å². The Balaban J connectivity index is 2.36. The van der Waals surface area contributed by atoms with Gasteiger partial charge in [-0.15, -0.1) is 0 Å². The molecule has 1 heterocycles. The molecule has 1 saturated heterocycles. The van der Waals surface area contributed by atoms with Crippen LogP contribution in [0.25, 0.3) is 0 Å². The van der Waals surface area contributed by atoms with E-state index in [0.29, 0.717) is 0 Å². The van der Waals surface area contributed by atoms with Gasteiger partial charge in [-0.3, -0.25) is 9.69 Å². The third-order valence-corrected chi connectivity index (χ3v) is 2.28. The monoisotopic (exact) mass is 198 g/mol. The summed E-state index contributed by atoms with van der Waals surface area (Å²) < 4.78 is 0. The molecule has 1 amide bonds. The predicted molar refractivity (Wildman–Crippen MR) is 56.2 cm³/mol. The van der Waals surface area contributed by atoms with E-state index in [1.807, 2.05) is 0 Å². The minimum atomic E-state index is -0.136. The summed E-state index contributed by atoms with van der Waals surface area (Å²) in [5.74, 6) is 0.0386. The second-order valence-corrected chi connectivity index (χ2v) is 4.51. The molecule has 1 fully saturated rings. The number of nitrogens with one attached hydrogen (secondary N) is 1. The molecule has 1 aliphatic rings. The number of carbonyl (C=O) groups excluding carboxylic acids is 1. The van der Waals surface area contributed by atoms with Crippen molar-refractivity contribution in [3.8, 4) is 0 Å². The fourth-order valence-corrected chi connectivity index (χ4v) is 1.88. The van der Waals surface area contributed by atoms with Crippen LogP contribution in [-0.2, 0) is 4.79 Å². The van der Waals surface area contributed by atoms with Crippen molar-refractivity contribution in [3.63, 3.8) is 0 Å². The Morgan fingerprint density at radius 2 is 2.00 bits per heavy atom. The summed E-state index contributed by atoms with van der Waals surface area (Å²) in [4.78, 5) is 13.3. The van der Waals surface area contributed by atoms with Gasteiger partial charge < -0.3 is 5.32 Å². The van der Waals surface area contributed by atoms with Gasteiger partial charge in [0.15, 0.2) is 0 Å². The molecule has 0 spiro atoms. The van der Waals surface area contributed by atoms with Crippen LogP contribution in [0.2, 0.25) is 0 Å². The molecule has 0 aromatic carbocycles. The Kier molecular flexibility index (Phi) is 3.89. The van der Waals surface area contributed by atoms with Crippen molar-refractivity contribution in [3.05, 3.63) is 0 Å². The molecule has 0 unspecified atom stereocenters. The normalized spacial score (nSPS) is 19.4. The van der Waals surface area contributed by atoms with E-state index in [0.717, 1.165) is 32.7 Å². The van der Waals surface area contributed by atoms with E-state index >= 15 is 0 Å². The molecular formula is C10H20N3O. The first-order valence-corrected chi connectivity index (χ1v) is 5.14. The highest BCUT2D eigenvalue weighted by atomic mass is 16.1. The summed E-state index contributed by atoms with van der Waals surface area (Å²) in [6.07, 6.45) is 0. The third kappa shape index (κ3) is 4.07. The van der Waals surface area contributed by atoms with E-state index in [1.165, 1.54) is 0 Å². The lowest BCUT2D eigenvalue weighted by molar-refractivity contribution is -0.120. The Hall–Kier alpha value is -0.610. The standard InChI is InChI=1S/C10H20N3O/c1-9(14)12-10(2,3)8-13-6-4-11-5-7-13/h4-8H2,1-3H3,(H,12,14). The SMILES string of the molecule is CC(=O)NC(C)(C)CN1CC[N]CC1. The average Bonchev–Trinajstić information content (AvgIpc) is 2.02. The van der Waals surface area contributed by atoms with E-state index < -0.39 is 0 Å². The van der Waals surface area contributed by atoms with Gasteiger partial charge in [-0.05, 0) is 13.8 Å². The zero-order valence-corrected chi connectivity index (χ0v) is 9.34. The number of nitrogens with zero attached hydrogens (tertiary/aromatic N) is 2. The van der Waals surface area contributed by atoms with Gasteiger partial charge in [0.1, 0.15) is 0 Å². The molecular weight excluding hydrogens is 178 g/mol. The second kappa shape index (κ2) is 4.75. The largest absolute Gasteiger partial charge is 0.350 e. The Bertz CT molecular complexity index is 198. The van der Waals surface area contributed by atoms with Crippen LogP contribution < -0.4 is 10.6 Å². The Labute approximate surface area is 86.0 Å². The zero-order valence-electron chi connectivity index (χ0n) is 9.34. The molecule has 0 aliphatic carbocycles. The quantitative estimate of drug-likeness (QED) is 0.684. The molecule has 0 atom stereocenters. The second-order valence-electron chi connectivity index (χ2n) is 4.51. The van der Waals surface area contributed by atoms with Crippen LogP contribution >= 0.6 is 0 Å². The molecule has 1 rings (SSSR count). The number of amides is 1. The molecule has 1 N–H and O–H groups in total. The first-order chi connectivity index (χ1) is 6.49.